The summed E-state index contributed by atoms with van der Waals surface area (Å²) in [5.74, 6) is 1.06. The zero-order valence-electron chi connectivity index (χ0n) is 11.9. The summed E-state index contributed by atoms with van der Waals surface area (Å²) >= 11 is 0. The maximum absolute atomic E-state index is 13.8. The number of nitrogens with zero attached hydrogens (tertiary/aromatic N) is 1. The predicted octanol–water partition coefficient (Wildman–Crippen LogP) is 3.94. The van der Waals surface area contributed by atoms with Crippen molar-refractivity contribution in [1.82, 2.24) is 10.3 Å². The summed E-state index contributed by atoms with van der Waals surface area (Å²) in [7, 11) is 0. The van der Waals surface area contributed by atoms with Crippen LogP contribution in [0.5, 0.6) is 0 Å². The minimum absolute atomic E-state index is 0.0896. The second-order valence-corrected chi connectivity index (χ2v) is 5.48. The monoisotopic (exact) mass is 252 g/mol. The third-order valence-electron chi connectivity index (χ3n) is 3.14. The fraction of sp³-hybridized carbons (Fsp3) is 0.667. The molecule has 0 bridgehead atoms. The molecule has 0 aliphatic heterocycles. The highest BCUT2D eigenvalue weighted by Gasteiger charge is 2.18. The molecule has 102 valence electrons. The van der Waals surface area contributed by atoms with Gasteiger partial charge in [-0.3, -0.25) is 4.98 Å². The van der Waals surface area contributed by atoms with Gasteiger partial charge >= 0.3 is 0 Å². The van der Waals surface area contributed by atoms with Crippen LogP contribution in [-0.2, 0) is 0 Å². The Kier molecular flexibility index (Phi) is 6.27. The van der Waals surface area contributed by atoms with Crippen LogP contribution in [0.1, 0.15) is 52.1 Å². The van der Waals surface area contributed by atoms with Crippen LogP contribution in [0.15, 0.2) is 18.5 Å². The first-order valence-corrected chi connectivity index (χ1v) is 6.87. The van der Waals surface area contributed by atoms with E-state index in [1.54, 1.807) is 12.3 Å². The highest BCUT2D eigenvalue weighted by Crippen LogP contribution is 2.26. The van der Waals surface area contributed by atoms with Crippen LogP contribution in [0, 0.1) is 17.7 Å². The van der Waals surface area contributed by atoms with Crippen molar-refractivity contribution in [3.63, 3.8) is 0 Å². The molecule has 1 heterocycles. The lowest BCUT2D eigenvalue weighted by molar-refractivity contribution is 0.353. The normalized spacial score (nSPS) is 14.8. The van der Waals surface area contributed by atoms with Gasteiger partial charge in [0.05, 0.1) is 6.20 Å². The maximum Gasteiger partial charge on any atom is 0.146 e. The van der Waals surface area contributed by atoms with Gasteiger partial charge in [0.2, 0.25) is 0 Å². The number of pyridine rings is 1. The van der Waals surface area contributed by atoms with E-state index in [0.29, 0.717) is 11.8 Å². The Hall–Kier alpha value is -0.960. The molecule has 0 fully saturated rings. The molecule has 0 amide bonds. The molecule has 0 radical (unpaired) electrons. The van der Waals surface area contributed by atoms with Gasteiger partial charge in [-0.1, -0.05) is 27.7 Å². The molecule has 0 aromatic carbocycles. The third-order valence-corrected chi connectivity index (χ3v) is 3.14. The Morgan fingerprint density at radius 1 is 1.28 bits per heavy atom. The largest absolute Gasteiger partial charge is 0.310 e. The van der Waals surface area contributed by atoms with E-state index in [9.17, 15) is 4.39 Å². The standard InChI is InChI=1S/C15H25FN2/c1-5-18-15(9-12(4)8-11(2)3)13-6-7-17-10-14(13)16/h6-7,10-12,15,18H,5,8-9H2,1-4H3. The van der Waals surface area contributed by atoms with Crippen LogP contribution in [0.25, 0.3) is 0 Å². The van der Waals surface area contributed by atoms with E-state index in [-0.39, 0.29) is 11.9 Å². The first-order valence-electron chi connectivity index (χ1n) is 6.87. The Balaban J connectivity index is 2.74. The number of halogens is 1. The van der Waals surface area contributed by atoms with Crippen molar-refractivity contribution in [2.24, 2.45) is 11.8 Å². The number of rotatable bonds is 7. The molecular formula is C15H25FN2. The average Bonchev–Trinajstić information content (AvgIpc) is 2.28. The summed E-state index contributed by atoms with van der Waals surface area (Å²) < 4.78 is 13.8. The van der Waals surface area contributed by atoms with Crippen LogP contribution in [0.3, 0.4) is 0 Å². The van der Waals surface area contributed by atoms with Gasteiger partial charge in [-0.05, 0) is 37.3 Å². The molecule has 1 aromatic heterocycles. The third kappa shape index (κ3) is 4.73. The molecule has 2 atom stereocenters. The summed E-state index contributed by atoms with van der Waals surface area (Å²) in [5, 5.41) is 3.38. The van der Waals surface area contributed by atoms with Crippen LogP contribution in [0.4, 0.5) is 4.39 Å². The van der Waals surface area contributed by atoms with E-state index in [1.807, 2.05) is 0 Å². The molecule has 18 heavy (non-hydrogen) atoms. The molecule has 0 saturated heterocycles. The fourth-order valence-electron chi connectivity index (χ4n) is 2.54. The summed E-state index contributed by atoms with van der Waals surface area (Å²) in [6, 6.07) is 1.87. The maximum atomic E-state index is 13.8. The minimum atomic E-state index is -0.208. The average molecular weight is 252 g/mol. The SMILES string of the molecule is CCNC(CC(C)CC(C)C)c1ccncc1F. The fourth-order valence-corrected chi connectivity index (χ4v) is 2.54. The highest BCUT2D eigenvalue weighted by molar-refractivity contribution is 5.17. The van der Waals surface area contributed by atoms with Gasteiger partial charge in [-0.15, -0.1) is 0 Å². The van der Waals surface area contributed by atoms with E-state index in [4.69, 9.17) is 0 Å². The van der Waals surface area contributed by atoms with E-state index >= 15 is 0 Å². The van der Waals surface area contributed by atoms with Crippen LogP contribution >= 0.6 is 0 Å². The topological polar surface area (TPSA) is 24.9 Å². The van der Waals surface area contributed by atoms with Crippen molar-refractivity contribution in [3.8, 4) is 0 Å². The molecule has 1 rings (SSSR count). The second kappa shape index (κ2) is 7.47. The predicted molar refractivity (Wildman–Crippen MR) is 73.8 cm³/mol. The van der Waals surface area contributed by atoms with Crippen LogP contribution < -0.4 is 5.32 Å². The van der Waals surface area contributed by atoms with Gasteiger partial charge in [0.1, 0.15) is 5.82 Å². The molecule has 1 N–H and O–H groups in total. The van der Waals surface area contributed by atoms with Gasteiger partial charge in [0.25, 0.3) is 0 Å². The summed E-state index contributed by atoms with van der Waals surface area (Å²) in [6.45, 7) is 9.60. The molecule has 2 unspecified atom stereocenters. The molecule has 0 aliphatic carbocycles. The van der Waals surface area contributed by atoms with Crippen molar-refractivity contribution in [2.75, 3.05) is 6.54 Å². The quantitative estimate of drug-likeness (QED) is 0.795. The van der Waals surface area contributed by atoms with Gasteiger partial charge in [0.15, 0.2) is 0 Å². The van der Waals surface area contributed by atoms with Crippen LogP contribution in [0.2, 0.25) is 0 Å². The first-order chi connectivity index (χ1) is 8.54. The van der Waals surface area contributed by atoms with E-state index in [1.165, 1.54) is 12.6 Å². The Morgan fingerprint density at radius 3 is 2.56 bits per heavy atom. The number of hydrogen-bond donors (Lipinski definition) is 1. The lowest BCUT2D eigenvalue weighted by Gasteiger charge is -2.23. The lowest BCUT2D eigenvalue weighted by Crippen LogP contribution is -2.24. The Labute approximate surface area is 110 Å². The first kappa shape index (κ1) is 15.1. The smallest absolute Gasteiger partial charge is 0.146 e. The molecule has 1 aromatic rings. The molecule has 0 saturated carbocycles. The van der Waals surface area contributed by atoms with E-state index in [2.05, 4.69) is 38.0 Å². The Morgan fingerprint density at radius 2 is 2.00 bits per heavy atom. The molecule has 3 heteroatoms. The number of nitrogens with one attached hydrogen (secondary N) is 1. The summed E-state index contributed by atoms with van der Waals surface area (Å²) in [5.41, 5.74) is 0.738. The summed E-state index contributed by atoms with van der Waals surface area (Å²) in [4.78, 5) is 3.81. The molecular weight excluding hydrogens is 227 g/mol. The molecule has 2 nitrogen and oxygen atoms in total. The van der Waals surface area contributed by atoms with Crippen LogP contribution in [-0.4, -0.2) is 11.5 Å². The second-order valence-electron chi connectivity index (χ2n) is 5.48. The number of hydrogen-bond acceptors (Lipinski definition) is 2. The minimum Gasteiger partial charge on any atom is -0.310 e. The lowest BCUT2D eigenvalue weighted by atomic mass is 9.90. The summed E-state index contributed by atoms with van der Waals surface area (Å²) in [6.07, 6.45) is 5.10. The zero-order chi connectivity index (χ0) is 13.5. The molecule has 0 spiro atoms. The van der Waals surface area contributed by atoms with Crippen molar-refractivity contribution < 1.29 is 4.39 Å². The highest BCUT2D eigenvalue weighted by atomic mass is 19.1. The molecule has 0 aliphatic rings. The van der Waals surface area contributed by atoms with Crippen molar-refractivity contribution in [2.45, 2.75) is 46.6 Å². The van der Waals surface area contributed by atoms with Crippen molar-refractivity contribution >= 4 is 0 Å². The van der Waals surface area contributed by atoms with E-state index < -0.39 is 0 Å². The van der Waals surface area contributed by atoms with E-state index in [0.717, 1.165) is 18.5 Å². The van der Waals surface area contributed by atoms with Crippen molar-refractivity contribution in [1.29, 1.82) is 0 Å². The van der Waals surface area contributed by atoms with Gasteiger partial charge in [-0.25, -0.2) is 4.39 Å². The van der Waals surface area contributed by atoms with Gasteiger partial charge in [-0.2, -0.15) is 0 Å². The number of aromatic nitrogens is 1. The van der Waals surface area contributed by atoms with Crippen molar-refractivity contribution in [3.05, 3.63) is 29.8 Å². The zero-order valence-corrected chi connectivity index (χ0v) is 11.9. The van der Waals surface area contributed by atoms with Gasteiger partial charge in [0, 0.05) is 17.8 Å². The Bertz CT molecular complexity index is 352. The van der Waals surface area contributed by atoms with Gasteiger partial charge < -0.3 is 5.32 Å².